The highest BCUT2D eigenvalue weighted by Crippen LogP contribution is 2.26. The van der Waals surface area contributed by atoms with Crippen molar-refractivity contribution in [2.24, 2.45) is 5.92 Å². The molecule has 1 aliphatic heterocycles. The van der Waals surface area contributed by atoms with Gasteiger partial charge in [-0.15, -0.1) is 0 Å². The second kappa shape index (κ2) is 9.95. The van der Waals surface area contributed by atoms with Gasteiger partial charge in [-0.2, -0.15) is 4.31 Å². The average Bonchev–Trinajstić information content (AvgIpc) is 2.78. The number of nitrogens with one attached hydrogen (secondary N) is 1. The van der Waals surface area contributed by atoms with E-state index in [1.807, 2.05) is 25.1 Å². The quantitative estimate of drug-likeness (QED) is 0.693. The Bertz CT molecular complexity index is 949. The van der Waals surface area contributed by atoms with Gasteiger partial charge in [0.05, 0.1) is 24.0 Å². The van der Waals surface area contributed by atoms with Crippen molar-refractivity contribution in [1.29, 1.82) is 0 Å². The van der Waals surface area contributed by atoms with Crippen LogP contribution in [0.15, 0.2) is 59.5 Å². The lowest BCUT2D eigenvalue weighted by molar-refractivity contribution is -0.126. The number of ether oxygens (including phenoxy) is 2. The smallest absolute Gasteiger partial charge is 0.243 e. The lowest BCUT2D eigenvalue weighted by Gasteiger charge is -2.31. The van der Waals surface area contributed by atoms with E-state index < -0.39 is 10.0 Å². The number of carbonyl (C=O) groups excluding carboxylic acids is 1. The minimum atomic E-state index is -3.60. The third-order valence-electron chi connectivity index (χ3n) is 5.08. The van der Waals surface area contributed by atoms with E-state index >= 15 is 0 Å². The Labute approximate surface area is 178 Å². The highest BCUT2D eigenvalue weighted by atomic mass is 32.2. The molecule has 2 aromatic rings. The summed E-state index contributed by atoms with van der Waals surface area (Å²) in [6.07, 6.45) is 1.31. The van der Waals surface area contributed by atoms with Crippen LogP contribution in [0.5, 0.6) is 11.5 Å². The molecule has 1 fully saturated rings. The molecular formula is C22H28N2O5S. The normalized spacial score (nSPS) is 18.4. The highest BCUT2D eigenvalue weighted by molar-refractivity contribution is 7.89. The van der Waals surface area contributed by atoms with Crippen LogP contribution >= 0.6 is 0 Å². The van der Waals surface area contributed by atoms with Gasteiger partial charge in [0.15, 0.2) is 11.5 Å². The second-order valence-corrected chi connectivity index (χ2v) is 9.32. The van der Waals surface area contributed by atoms with E-state index in [-0.39, 0.29) is 35.9 Å². The Kier molecular flexibility index (Phi) is 7.33. The predicted molar refractivity (Wildman–Crippen MR) is 114 cm³/mol. The van der Waals surface area contributed by atoms with Gasteiger partial charge < -0.3 is 14.8 Å². The molecule has 1 heterocycles. The van der Waals surface area contributed by atoms with Crippen molar-refractivity contribution in [3.63, 3.8) is 0 Å². The van der Waals surface area contributed by atoms with Crippen molar-refractivity contribution in [2.75, 3.05) is 26.8 Å². The Hall–Kier alpha value is -2.58. The Morgan fingerprint density at radius 2 is 1.80 bits per heavy atom. The lowest BCUT2D eigenvalue weighted by Crippen LogP contribution is -2.48. The molecule has 2 aromatic carbocycles. The van der Waals surface area contributed by atoms with Crippen LogP contribution in [-0.4, -0.2) is 51.5 Å². The molecule has 1 saturated heterocycles. The van der Waals surface area contributed by atoms with E-state index in [4.69, 9.17) is 9.47 Å². The summed E-state index contributed by atoms with van der Waals surface area (Å²) in [6.45, 7) is 2.75. The third-order valence-corrected chi connectivity index (χ3v) is 6.96. The summed E-state index contributed by atoms with van der Waals surface area (Å²) in [5, 5.41) is 2.94. The molecule has 0 aromatic heterocycles. The molecule has 7 nitrogen and oxygen atoms in total. The van der Waals surface area contributed by atoms with Crippen LogP contribution in [0.3, 0.4) is 0 Å². The van der Waals surface area contributed by atoms with Crippen molar-refractivity contribution in [3.05, 3.63) is 54.6 Å². The van der Waals surface area contributed by atoms with Gasteiger partial charge in [-0.25, -0.2) is 8.42 Å². The topological polar surface area (TPSA) is 84.9 Å². The maximum atomic E-state index is 12.9. The number of hydrogen-bond donors (Lipinski definition) is 1. The monoisotopic (exact) mass is 432 g/mol. The second-order valence-electron chi connectivity index (χ2n) is 7.39. The van der Waals surface area contributed by atoms with Crippen LogP contribution in [0, 0.1) is 5.92 Å². The first-order valence-electron chi connectivity index (χ1n) is 10.0. The highest BCUT2D eigenvalue weighted by Gasteiger charge is 2.33. The molecule has 3 rings (SSSR count). The Morgan fingerprint density at radius 1 is 1.13 bits per heavy atom. The fourth-order valence-corrected chi connectivity index (χ4v) is 5.02. The van der Waals surface area contributed by atoms with Crippen molar-refractivity contribution in [1.82, 2.24) is 9.62 Å². The van der Waals surface area contributed by atoms with Crippen molar-refractivity contribution < 1.29 is 22.7 Å². The van der Waals surface area contributed by atoms with Crippen LogP contribution in [0.4, 0.5) is 0 Å². The van der Waals surface area contributed by atoms with Gasteiger partial charge in [0.2, 0.25) is 15.9 Å². The molecule has 8 heteroatoms. The van der Waals surface area contributed by atoms with Crippen LogP contribution in [0.25, 0.3) is 0 Å². The molecular weight excluding hydrogens is 404 g/mol. The fourth-order valence-electron chi connectivity index (χ4n) is 3.47. The molecule has 0 saturated carbocycles. The molecule has 1 N–H and O–H groups in total. The van der Waals surface area contributed by atoms with Gasteiger partial charge in [0, 0.05) is 13.1 Å². The minimum Gasteiger partial charge on any atom is -0.493 e. The van der Waals surface area contributed by atoms with Crippen LogP contribution in [-0.2, 0) is 14.8 Å². The Balaban J connectivity index is 1.56. The summed E-state index contributed by atoms with van der Waals surface area (Å²) in [7, 11) is -2.02. The average molecular weight is 433 g/mol. The predicted octanol–water partition coefficient (Wildman–Crippen LogP) is 2.68. The summed E-state index contributed by atoms with van der Waals surface area (Å²) in [6, 6.07) is 15.4. The molecule has 0 bridgehead atoms. The van der Waals surface area contributed by atoms with Crippen LogP contribution < -0.4 is 14.8 Å². The van der Waals surface area contributed by atoms with Gasteiger partial charge in [-0.05, 0) is 44.0 Å². The van der Waals surface area contributed by atoms with Crippen molar-refractivity contribution >= 4 is 15.9 Å². The van der Waals surface area contributed by atoms with E-state index in [1.54, 1.807) is 43.5 Å². The fraction of sp³-hybridized carbons (Fsp3) is 0.409. The SMILES string of the molecule is COc1ccccc1OC[C@H](C)NC(=O)[C@@H]1CCCN(S(=O)(=O)c2ccccc2)C1. The zero-order chi connectivity index (χ0) is 21.6. The Morgan fingerprint density at radius 3 is 2.50 bits per heavy atom. The number of hydrogen-bond acceptors (Lipinski definition) is 5. The molecule has 0 unspecified atom stereocenters. The number of sulfonamides is 1. The molecule has 0 aliphatic carbocycles. The van der Waals surface area contributed by atoms with Gasteiger partial charge in [0.25, 0.3) is 0 Å². The van der Waals surface area contributed by atoms with Crippen molar-refractivity contribution in [2.45, 2.75) is 30.7 Å². The first-order chi connectivity index (χ1) is 14.4. The van der Waals surface area contributed by atoms with Gasteiger partial charge in [-0.3, -0.25) is 4.79 Å². The maximum Gasteiger partial charge on any atom is 0.243 e. The third kappa shape index (κ3) is 5.31. The van der Waals surface area contributed by atoms with Crippen LogP contribution in [0.1, 0.15) is 19.8 Å². The van der Waals surface area contributed by atoms with E-state index in [9.17, 15) is 13.2 Å². The standard InChI is InChI=1S/C22H28N2O5S/c1-17(16-29-21-13-7-6-12-20(21)28-2)23-22(25)18-9-8-14-24(15-18)30(26,27)19-10-4-3-5-11-19/h3-7,10-13,17-18H,8-9,14-16H2,1-2H3,(H,23,25)/t17-,18+/m0/s1. The number of nitrogens with zero attached hydrogens (tertiary/aromatic N) is 1. The van der Waals surface area contributed by atoms with Gasteiger partial charge in [-0.1, -0.05) is 30.3 Å². The molecule has 30 heavy (non-hydrogen) atoms. The number of methoxy groups -OCH3 is 1. The minimum absolute atomic E-state index is 0.154. The molecule has 162 valence electrons. The molecule has 1 aliphatic rings. The maximum absolute atomic E-state index is 12.9. The largest absolute Gasteiger partial charge is 0.493 e. The lowest BCUT2D eigenvalue weighted by atomic mass is 9.98. The molecule has 0 radical (unpaired) electrons. The summed E-state index contributed by atoms with van der Waals surface area (Å²) in [5.74, 6) is 0.703. The number of piperidine rings is 1. The molecule has 2 atom stereocenters. The zero-order valence-electron chi connectivity index (χ0n) is 17.3. The van der Waals surface area contributed by atoms with E-state index in [0.717, 1.165) is 0 Å². The van der Waals surface area contributed by atoms with E-state index in [0.29, 0.717) is 30.9 Å². The molecule has 0 spiro atoms. The summed E-state index contributed by atoms with van der Waals surface area (Å²) in [5.41, 5.74) is 0. The zero-order valence-corrected chi connectivity index (χ0v) is 18.1. The van der Waals surface area contributed by atoms with Crippen LogP contribution in [0.2, 0.25) is 0 Å². The van der Waals surface area contributed by atoms with E-state index in [2.05, 4.69) is 5.32 Å². The number of rotatable bonds is 8. The van der Waals surface area contributed by atoms with Gasteiger partial charge >= 0.3 is 0 Å². The first kappa shape index (κ1) is 22.1. The summed E-state index contributed by atoms with van der Waals surface area (Å²) in [4.78, 5) is 13.0. The van der Waals surface area contributed by atoms with Gasteiger partial charge in [0.1, 0.15) is 6.61 Å². The molecule has 1 amide bonds. The van der Waals surface area contributed by atoms with Crippen molar-refractivity contribution in [3.8, 4) is 11.5 Å². The number of amides is 1. The van der Waals surface area contributed by atoms with E-state index in [1.165, 1.54) is 4.31 Å². The number of para-hydroxylation sites is 2. The number of benzene rings is 2. The summed E-state index contributed by atoms with van der Waals surface area (Å²) < 4.78 is 38.2. The first-order valence-corrected chi connectivity index (χ1v) is 11.5. The number of carbonyl (C=O) groups is 1. The summed E-state index contributed by atoms with van der Waals surface area (Å²) >= 11 is 0.